The average molecular weight is 641 g/mol. The van der Waals surface area contributed by atoms with E-state index in [0.717, 1.165) is 23.8 Å². The van der Waals surface area contributed by atoms with Crippen LogP contribution in [-0.2, 0) is 17.5 Å². The number of alkyl halides is 3. The highest BCUT2D eigenvalue weighted by atomic mass is 32.2. The summed E-state index contributed by atoms with van der Waals surface area (Å²) in [6, 6.07) is 11.0. The van der Waals surface area contributed by atoms with Crippen LogP contribution in [0.1, 0.15) is 30.9 Å². The molecule has 3 heterocycles. The number of hydrogen-bond donors (Lipinski definition) is 0. The van der Waals surface area contributed by atoms with Crippen LogP contribution in [0.4, 0.5) is 27.8 Å². The number of thioether (sulfide) groups is 1. The summed E-state index contributed by atoms with van der Waals surface area (Å²) in [5.41, 5.74) is -0.525. The fourth-order valence-electron chi connectivity index (χ4n) is 6.50. The Hall–Kier alpha value is -4.19. The summed E-state index contributed by atoms with van der Waals surface area (Å²) in [4.78, 5) is 34.4. The van der Waals surface area contributed by atoms with Crippen LogP contribution in [-0.4, -0.2) is 51.3 Å². The molecular weight excluding hydrogens is 611 g/mol. The Bertz CT molecular complexity index is 1850. The first-order valence-electron chi connectivity index (χ1n) is 14.4. The maximum atomic E-state index is 14.9. The van der Waals surface area contributed by atoms with Crippen LogP contribution in [0.2, 0.25) is 0 Å². The highest BCUT2D eigenvalue weighted by molar-refractivity contribution is 7.99. The fourth-order valence-corrected chi connectivity index (χ4v) is 7.89. The summed E-state index contributed by atoms with van der Waals surface area (Å²) in [5.74, 6) is -1.23. The van der Waals surface area contributed by atoms with Gasteiger partial charge >= 0.3 is 11.9 Å². The first kappa shape index (κ1) is 30.8. The van der Waals surface area contributed by atoms with Gasteiger partial charge in [0.05, 0.1) is 11.1 Å². The van der Waals surface area contributed by atoms with E-state index in [-0.39, 0.29) is 70.8 Å². The molecule has 12 heteroatoms. The Morgan fingerprint density at radius 1 is 0.978 bits per heavy atom. The number of hydrogen-bond acceptors (Lipinski definition) is 5. The minimum Gasteiger partial charge on any atom is -0.352 e. The van der Waals surface area contributed by atoms with Gasteiger partial charge in [0.2, 0.25) is 5.91 Å². The van der Waals surface area contributed by atoms with Gasteiger partial charge in [0, 0.05) is 59.2 Å². The van der Waals surface area contributed by atoms with Gasteiger partial charge in [0.15, 0.2) is 0 Å². The van der Waals surface area contributed by atoms with Crippen LogP contribution in [0.5, 0.6) is 0 Å². The number of rotatable bonds is 4. The van der Waals surface area contributed by atoms with Crippen molar-refractivity contribution < 1.29 is 26.7 Å². The van der Waals surface area contributed by atoms with Gasteiger partial charge in [-0.1, -0.05) is 30.8 Å². The second-order valence-corrected chi connectivity index (χ2v) is 12.5. The van der Waals surface area contributed by atoms with Crippen LogP contribution in [0.3, 0.4) is 0 Å². The van der Waals surface area contributed by atoms with Crippen LogP contribution < -0.4 is 10.6 Å². The van der Waals surface area contributed by atoms with Crippen molar-refractivity contribution in [2.24, 2.45) is 0 Å². The molecular formula is C33H29F5N4O2S. The first-order valence-corrected chi connectivity index (χ1v) is 15.4. The Kier molecular flexibility index (Phi) is 7.96. The third kappa shape index (κ3) is 5.60. The smallest absolute Gasteiger partial charge is 0.352 e. The van der Waals surface area contributed by atoms with E-state index < -0.39 is 29.1 Å². The molecule has 6 nitrogen and oxygen atoms in total. The van der Waals surface area contributed by atoms with Crippen molar-refractivity contribution in [1.29, 1.82) is 0 Å². The highest BCUT2D eigenvalue weighted by Crippen LogP contribution is 2.49. The molecule has 1 saturated heterocycles. The van der Waals surface area contributed by atoms with E-state index in [1.165, 1.54) is 46.7 Å². The molecule has 0 saturated carbocycles. The lowest BCUT2D eigenvalue weighted by Gasteiger charge is -2.44. The van der Waals surface area contributed by atoms with Crippen LogP contribution in [0, 0.1) is 11.6 Å². The normalized spacial score (nSPS) is 20.3. The molecule has 234 valence electrons. The third-order valence-corrected chi connectivity index (χ3v) is 9.71. The molecule has 1 aromatic heterocycles. The third-order valence-electron chi connectivity index (χ3n) is 8.46. The van der Waals surface area contributed by atoms with Gasteiger partial charge in [-0.3, -0.25) is 9.36 Å². The molecule has 0 spiro atoms. The standard InChI is InChI=1S/C33H29F5N4O2S/c1-4-27(43)42-18(2)14-40(15-19(42)3)31-25-13-26(33(36,37)38)28(21-7-11-24(35)12-8-21)30-29(25)41(32(44)39-31)16-22(17-45-30)20-5-9-23(34)10-6-20/h4-13,18-19,22H,1,14-17H2,2-3H3. The number of nitrogens with zero attached hydrogens (tertiary/aromatic N) is 4. The van der Waals surface area contributed by atoms with Gasteiger partial charge < -0.3 is 9.80 Å². The predicted molar refractivity (Wildman–Crippen MR) is 164 cm³/mol. The maximum Gasteiger partial charge on any atom is 0.417 e. The number of amides is 1. The Morgan fingerprint density at radius 3 is 2.16 bits per heavy atom. The monoisotopic (exact) mass is 640 g/mol. The molecule has 1 fully saturated rings. The van der Waals surface area contributed by atoms with Gasteiger partial charge in [-0.2, -0.15) is 18.2 Å². The highest BCUT2D eigenvalue weighted by Gasteiger charge is 2.40. The zero-order chi connectivity index (χ0) is 32.2. The number of anilines is 1. The van der Waals surface area contributed by atoms with Gasteiger partial charge in [0.1, 0.15) is 17.5 Å². The lowest BCUT2D eigenvalue weighted by atomic mass is 9.95. The van der Waals surface area contributed by atoms with Gasteiger partial charge in [-0.05, 0) is 61.4 Å². The summed E-state index contributed by atoms with van der Waals surface area (Å²) >= 11 is 1.18. The van der Waals surface area contributed by atoms with Crippen molar-refractivity contribution in [2.75, 3.05) is 23.7 Å². The number of carbonyl (C=O) groups is 1. The van der Waals surface area contributed by atoms with Crippen molar-refractivity contribution in [3.63, 3.8) is 0 Å². The minimum absolute atomic E-state index is 0.105. The summed E-state index contributed by atoms with van der Waals surface area (Å²) in [5, 5.41) is 0.151. The zero-order valence-corrected chi connectivity index (χ0v) is 25.3. The van der Waals surface area contributed by atoms with E-state index in [9.17, 15) is 31.5 Å². The van der Waals surface area contributed by atoms with Crippen LogP contribution >= 0.6 is 11.8 Å². The molecule has 3 aromatic carbocycles. The molecule has 0 aliphatic carbocycles. The number of piperazine rings is 1. The second-order valence-electron chi connectivity index (χ2n) is 11.5. The maximum absolute atomic E-state index is 14.9. The Balaban J connectivity index is 1.62. The number of aromatic nitrogens is 2. The quantitative estimate of drug-likeness (QED) is 0.180. The van der Waals surface area contributed by atoms with Crippen molar-refractivity contribution in [1.82, 2.24) is 14.5 Å². The molecule has 6 rings (SSSR count). The largest absolute Gasteiger partial charge is 0.417 e. The van der Waals surface area contributed by atoms with Crippen molar-refractivity contribution in [3.8, 4) is 11.1 Å². The van der Waals surface area contributed by atoms with Crippen LogP contribution in [0.25, 0.3) is 22.0 Å². The SMILES string of the molecule is C=CC(=O)N1C(C)CN(c2nc(=O)n3c4c(c(-c5ccc(F)cc5)c(C(F)(F)F)cc24)SCC(c2ccc(F)cc2)C3)CC1C. The second kappa shape index (κ2) is 11.6. The van der Waals surface area contributed by atoms with Gasteiger partial charge in [0.25, 0.3) is 0 Å². The van der Waals surface area contributed by atoms with E-state index >= 15 is 0 Å². The van der Waals surface area contributed by atoms with Crippen molar-refractivity contribution in [2.45, 2.75) is 49.5 Å². The summed E-state index contributed by atoms with van der Waals surface area (Å²) in [6.07, 6.45) is -3.58. The van der Waals surface area contributed by atoms with Crippen LogP contribution in [0.15, 0.2) is 76.9 Å². The molecule has 45 heavy (non-hydrogen) atoms. The molecule has 2 aliphatic heterocycles. The zero-order valence-electron chi connectivity index (χ0n) is 24.4. The van der Waals surface area contributed by atoms with Crippen molar-refractivity contribution in [3.05, 3.63) is 100 Å². The molecule has 0 radical (unpaired) electrons. The summed E-state index contributed by atoms with van der Waals surface area (Å²) in [7, 11) is 0. The number of carbonyl (C=O) groups excluding carboxylic acids is 1. The van der Waals surface area contributed by atoms with Crippen molar-refractivity contribution >= 4 is 34.4 Å². The van der Waals surface area contributed by atoms with Gasteiger partial charge in [-0.25, -0.2) is 13.6 Å². The molecule has 2 aliphatic rings. The Morgan fingerprint density at radius 2 is 1.58 bits per heavy atom. The molecule has 0 N–H and O–H groups in total. The predicted octanol–water partition coefficient (Wildman–Crippen LogP) is 6.86. The van der Waals surface area contributed by atoms with Gasteiger partial charge in [-0.15, -0.1) is 11.8 Å². The summed E-state index contributed by atoms with van der Waals surface area (Å²) in [6.45, 7) is 7.79. The van der Waals surface area contributed by atoms with E-state index in [1.54, 1.807) is 21.9 Å². The molecule has 1 amide bonds. The Labute approximate surface area is 260 Å². The summed E-state index contributed by atoms with van der Waals surface area (Å²) < 4.78 is 73.9. The molecule has 3 unspecified atom stereocenters. The lowest BCUT2D eigenvalue weighted by Crippen LogP contribution is -2.58. The minimum atomic E-state index is -4.80. The fraction of sp³-hybridized carbons (Fsp3) is 0.303. The van der Waals surface area contributed by atoms with E-state index in [2.05, 4.69) is 11.6 Å². The number of benzene rings is 3. The van der Waals surface area contributed by atoms with E-state index in [0.29, 0.717) is 11.3 Å². The first-order chi connectivity index (χ1) is 21.4. The van der Waals surface area contributed by atoms with E-state index in [4.69, 9.17) is 0 Å². The average Bonchev–Trinajstić information content (AvgIpc) is 3.20. The molecule has 3 atom stereocenters. The molecule has 0 bridgehead atoms. The molecule has 4 aromatic rings. The topological polar surface area (TPSA) is 58.4 Å². The van der Waals surface area contributed by atoms with E-state index in [1.807, 2.05) is 13.8 Å². The lowest BCUT2D eigenvalue weighted by molar-refractivity contribution is -0.137. The number of halogens is 5.